The van der Waals surface area contributed by atoms with Crippen LogP contribution in [0.4, 0.5) is 5.69 Å². The van der Waals surface area contributed by atoms with Crippen molar-refractivity contribution in [3.05, 3.63) is 105 Å². The molecule has 0 atom stereocenters. The van der Waals surface area contributed by atoms with E-state index in [1.165, 1.54) is 54.9 Å². The van der Waals surface area contributed by atoms with Crippen LogP contribution in [0.1, 0.15) is 16.7 Å². The lowest BCUT2D eigenvalue weighted by Crippen LogP contribution is -2.30. The van der Waals surface area contributed by atoms with Crippen LogP contribution in [0.5, 0.6) is 11.5 Å². The average Bonchev–Trinajstić information content (AvgIpc) is 2.85. The summed E-state index contributed by atoms with van der Waals surface area (Å²) >= 11 is 0. The van der Waals surface area contributed by atoms with Crippen LogP contribution < -0.4 is 10.9 Å². The first-order valence-electron chi connectivity index (χ1n) is 10.0. The van der Waals surface area contributed by atoms with Crippen LogP contribution >= 0.6 is 0 Å². The molecule has 0 radical (unpaired) electrons. The number of nitrogens with zero attached hydrogens (tertiary/aromatic N) is 3. The molecule has 0 aliphatic rings. The smallest absolute Gasteiger partial charge is 0.277 e. The van der Waals surface area contributed by atoms with Gasteiger partial charge in [-0.1, -0.05) is 24.3 Å². The molecule has 0 saturated carbocycles. The third-order valence-electron chi connectivity index (χ3n) is 4.52. The number of carbonyl (C=O) groups excluding carboxylic acids is 2. The number of para-hydroxylation sites is 2. The summed E-state index contributed by atoms with van der Waals surface area (Å²) in [4.78, 5) is 35.7. The van der Waals surface area contributed by atoms with Crippen LogP contribution in [-0.2, 0) is 9.59 Å². The summed E-state index contributed by atoms with van der Waals surface area (Å²) in [5, 5.41) is 37.9. The van der Waals surface area contributed by atoms with E-state index in [4.69, 9.17) is 0 Å². The predicted molar refractivity (Wildman–Crippen MR) is 129 cm³/mol. The number of carbonyl (C=O) groups is 2. The van der Waals surface area contributed by atoms with Crippen molar-refractivity contribution in [3.63, 3.8) is 0 Å². The lowest BCUT2D eigenvalue weighted by molar-refractivity contribution is -0.384. The van der Waals surface area contributed by atoms with Gasteiger partial charge in [0.2, 0.25) is 0 Å². The Kier molecular flexibility index (Phi) is 8.00. The summed E-state index contributed by atoms with van der Waals surface area (Å²) in [7, 11) is 0. The molecule has 0 saturated heterocycles. The molecule has 11 heteroatoms. The number of nitro benzene ring substituents is 1. The molecule has 0 spiro atoms. The van der Waals surface area contributed by atoms with E-state index in [0.717, 1.165) is 0 Å². The van der Waals surface area contributed by atoms with Crippen molar-refractivity contribution in [1.29, 1.82) is 0 Å². The molecule has 3 rings (SSSR count). The highest BCUT2D eigenvalue weighted by Gasteiger charge is 2.18. The highest BCUT2D eigenvalue weighted by molar-refractivity contribution is 6.21. The topological polar surface area (TPSA) is 167 Å². The van der Waals surface area contributed by atoms with Gasteiger partial charge < -0.3 is 10.2 Å². The summed E-state index contributed by atoms with van der Waals surface area (Å²) in [6, 6.07) is 17.8. The van der Waals surface area contributed by atoms with Gasteiger partial charge in [0, 0.05) is 23.3 Å². The molecule has 3 aromatic rings. The fourth-order valence-electron chi connectivity index (χ4n) is 2.73. The fourth-order valence-corrected chi connectivity index (χ4v) is 2.73. The monoisotopic (exact) mass is 473 g/mol. The third kappa shape index (κ3) is 6.83. The number of phenolic OH excluding ortho intramolecular Hbond substituents is 2. The summed E-state index contributed by atoms with van der Waals surface area (Å²) in [5.41, 5.74) is 4.85. The van der Waals surface area contributed by atoms with E-state index in [1.54, 1.807) is 36.4 Å². The predicted octanol–water partition coefficient (Wildman–Crippen LogP) is 2.69. The Hall–Kier alpha value is -5.32. The Morgan fingerprint density at radius 3 is 1.66 bits per heavy atom. The highest BCUT2D eigenvalue weighted by atomic mass is 16.6. The summed E-state index contributed by atoms with van der Waals surface area (Å²) in [6.07, 6.45) is 3.61. The standard InChI is InChI=1S/C24H19N5O6/c30-21-7-3-1-5-17(21)14-25-27-23(32)20(13-16-9-11-19(12-10-16)29(34)35)24(33)28-26-15-18-6-2-4-8-22(18)31/h1-15,30-31H,(H,27,32)(H,28,33)/b25-14-,26-15-. The Morgan fingerprint density at radius 1 is 0.771 bits per heavy atom. The maximum Gasteiger partial charge on any atom is 0.277 e. The maximum absolute atomic E-state index is 12.7. The minimum absolute atomic E-state index is 0.0524. The Balaban J connectivity index is 1.82. The van der Waals surface area contributed by atoms with E-state index in [2.05, 4.69) is 21.1 Å². The number of benzene rings is 3. The Bertz CT molecular complexity index is 1260. The molecule has 0 fully saturated rings. The summed E-state index contributed by atoms with van der Waals surface area (Å²) < 4.78 is 0. The van der Waals surface area contributed by atoms with Gasteiger partial charge in [-0.25, -0.2) is 10.9 Å². The van der Waals surface area contributed by atoms with Crippen molar-refractivity contribution >= 4 is 36.0 Å². The number of hydrogen-bond acceptors (Lipinski definition) is 8. The summed E-state index contributed by atoms with van der Waals surface area (Å²) in [5.74, 6) is -1.90. The number of nitrogens with one attached hydrogen (secondary N) is 2. The fraction of sp³-hybridized carbons (Fsp3) is 0. The van der Waals surface area contributed by atoms with Crippen molar-refractivity contribution in [2.75, 3.05) is 0 Å². The van der Waals surface area contributed by atoms with Crippen molar-refractivity contribution in [2.24, 2.45) is 10.2 Å². The second-order valence-corrected chi connectivity index (χ2v) is 6.92. The molecule has 176 valence electrons. The van der Waals surface area contributed by atoms with Gasteiger partial charge in [0.05, 0.1) is 17.4 Å². The Labute approximate surface area is 198 Å². The van der Waals surface area contributed by atoms with E-state index in [-0.39, 0.29) is 17.2 Å². The lowest BCUT2D eigenvalue weighted by Gasteiger charge is -2.06. The molecular formula is C24H19N5O6. The molecule has 35 heavy (non-hydrogen) atoms. The minimum atomic E-state index is -0.898. The second-order valence-electron chi connectivity index (χ2n) is 6.92. The molecule has 0 heterocycles. The Morgan fingerprint density at radius 2 is 1.23 bits per heavy atom. The normalized spacial score (nSPS) is 10.7. The van der Waals surface area contributed by atoms with Gasteiger partial charge >= 0.3 is 0 Å². The van der Waals surface area contributed by atoms with Gasteiger partial charge in [-0.15, -0.1) is 0 Å². The van der Waals surface area contributed by atoms with Crippen LogP contribution in [-0.4, -0.2) is 39.4 Å². The van der Waals surface area contributed by atoms with Crippen LogP contribution in [0.15, 0.2) is 88.6 Å². The zero-order chi connectivity index (χ0) is 25.2. The zero-order valence-electron chi connectivity index (χ0n) is 18.0. The lowest BCUT2D eigenvalue weighted by atomic mass is 10.1. The zero-order valence-corrected chi connectivity index (χ0v) is 18.0. The number of hydrazone groups is 2. The highest BCUT2D eigenvalue weighted by Crippen LogP contribution is 2.16. The first-order chi connectivity index (χ1) is 16.8. The average molecular weight is 473 g/mol. The molecule has 4 N–H and O–H groups in total. The largest absolute Gasteiger partial charge is 0.507 e. The van der Waals surface area contributed by atoms with Crippen molar-refractivity contribution < 1.29 is 24.7 Å². The first-order valence-corrected chi connectivity index (χ1v) is 10.0. The van der Waals surface area contributed by atoms with Crippen molar-refractivity contribution in [2.45, 2.75) is 0 Å². The van der Waals surface area contributed by atoms with E-state index < -0.39 is 22.3 Å². The molecule has 0 aliphatic heterocycles. The second kappa shape index (κ2) is 11.5. The number of non-ortho nitro benzene ring substituents is 1. The summed E-state index contributed by atoms with van der Waals surface area (Å²) in [6.45, 7) is 0. The van der Waals surface area contributed by atoms with E-state index in [0.29, 0.717) is 16.7 Å². The molecule has 0 aliphatic carbocycles. The molecule has 0 unspecified atom stereocenters. The number of phenols is 2. The molecule has 3 aromatic carbocycles. The van der Waals surface area contributed by atoms with Crippen LogP contribution in [0, 0.1) is 10.1 Å². The number of hydrogen-bond donors (Lipinski definition) is 4. The number of amides is 2. The van der Waals surface area contributed by atoms with E-state index >= 15 is 0 Å². The maximum atomic E-state index is 12.7. The number of nitro groups is 1. The molecule has 0 aromatic heterocycles. The van der Waals surface area contributed by atoms with Crippen LogP contribution in [0.25, 0.3) is 6.08 Å². The number of rotatable bonds is 8. The van der Waals surface area contributed by atoms with Gasteiger partial charge in [-0.05, 0) is 48.0 Å². The van der Waals surface area contributed by atoms with E-state index in [1.807, 2.05) is 0 Å². The SMILES string of the molecule is O=C(N/N=C\c1ccccc1O)C(=Cc1ccc([N+](=O)[O-])cc1)C(=O)N/N=C\c1ccccc1O. The third-order valence-corrected chi connectivity index (χ3v) is 4.52. The molecule has 2 amide bonds. The van der Waals surface area contributed by atoms with Gasteiger partial charge in [0.15, 0.2) is 0 Å². The van der Waals surface area contributed by atoms with Gasteiger partial charge in [0.1, 0.15) is 17.1 Å². The minimum Gasteiger partial charge on any atom is -0.507 e. The van der Waals surface area contributed by atoms with Gasteiger partial charge in [-0.2, -0.15) is 10.2 Å². The van der Waals surface area contributed by atoms with Gasteiger partial charge in [-0.3, -0.25) is 19.7 Å². The van der Waals surface area contributed by atoms with E-state index in [9.17, 15) is 29.9 Å². The van der Waals surface area contributed by atoms with Gasteiger partial charge in [0.25, 0.3) is 17.5 Å². The molecule has 0 bridgehead atoms. The first kappa shape index (κ1) is 24.3. The van der Waals surface area contributed by atoms with Crippen molar-refractivity contribution in [3.8, 4) is 11.5 Å². The number of aromatic hydroxyl groups is 2. The molecular weight excluding hydrogens is 454 g/mol. The molecule has 11 nitrogen and oxygen atoms in total. The van der Waals surface area contributed by atoms with Crippen LogP contribution in [0.3, 0.4) is 0 Å². The van der Waals surface area contributed by atoms with Crippen molar-refractivity contribution in [1.82, 2.24) is 10.9 Å². The quantitative estimate of drug-likeness (QED) is 0.0980. The van der Waals surface area contributed by atoms with Crippen LogP contribution in [0.2, 0.25) is 0 Å².